The minimum absolute atomic E-state index is 0.0239. The molecule has 10 nitrogen and oxygen atoms in total. The summed E-state index contributed by atoms with van der Waals surface area (Å²) >= 11 is 1.27. The van der Waals surface area contributed by atoms with Crippen molar-refractivity contribution in [3.63, 3.8) is 0 Å². The highest BCUT2D eigenvalue weighted by Gasteiger charge is 2.22. The number of thiazole rings is 1. The summed E-state index contributed by atoms with van der Waals surface area (Å²) < 4.78 is 34.1. The van der Waals surface area contributed by atoms with Crippen molar-refractivity contribution in [2.45, 2.75) is 38.1 Å². The Morgan fingerprint density at radius 1 is 1.14 bits per heavy atom. The van der Waals surface area contributed by atoms with Gasteiger partial charge in [0.25, 0.3) is 5.91 Å². The number of hydrogen-bond acceptors (Lipinski definition) is 8. The number of aryl methyl sites for hydroxylation is 1. The molecule has 1 aromatic heterocycles. The number of nitrogens with zero attached hydrogens (tertiary/aromatic N) is 1. The first-order valence-electron chi connectivity index (χ1n) is 10.7. The Balaban J connectivity index is 1.84. The first-order chi connectivity index (χ1) is 16.7. The van der Waals surface area contributed by atoms with Gasteiger partial charge in [-0.15, -0.1) is 0 Å². The molecule has 0 aliphatic carbocycles. The molecule has 0 spiro atoms. The standard InChI is InChI=1S/C23H26N4O6S2/c1-4-5-20(28)26-23-25-14(2)21(34-23)17-10-11-18(33-3)19(12-17)35(31,32)24-13-15-6-8-16(9-7-15)22(29)27-30/h6-12,24,30H,4-5,13H2,1-3H3,(H,27,29)(H,25,26,28). The molecule has 3 rings (SSSR count). The van der Waals surface area contributed by atoms with E-state index in [9.17, 15) is 18.0 Å². The molecule has 0 fully saturated rings. The third-order valence-electron chi connectivity index (χ3n) is 5.02. The number of amides is 2. The molecule has 0 aliphatic rings. The van der Waals surface area contributed by atoms with Gasteiger partial charge in [0.15, 0.2) is 5.13 Å². The second-order valence-corrected chi connectivity index (χ2v) is 10.3. The van der Waals surface area contributed by atoms with E-state index in [0.717, 1.165) is 11.3 Å². The highest BCUT2D eigenvalue weighted by atomic mass is 32.2. The van der Waals surface area contributed by atoms with Gasteiger partial charge in [-0.25, -0.2) is 23.6 Å². The number of hydrogen-bond donors (Lipinski definition) is 4. The van der Waals surface area contributed by atoms with Gasteiger partial charge in [0, 0.05) is 18.5 Å². The molecule has 0 unspecified atom stereocenters. The SMILES string of the molecule is CCCC(=O)Nc1nc(C)c(-c2ccc(OC)c(S(=O)(=O)NCc3ccc(C(=O)NO)cc3)c2)s1. The number of carbonyl (C=O) groups is 2. The minimum Gasteiger partial charge on any atom is -0.495 e. The van der Waals surface area contributed by atoms with Crippen molar-refractivity contribution in [1.29, 1.82) is 0 Å². The van der Waals surface area contributed by atoms with Crippen LogP contribution in [-0.2, 0) is 21.4 Å². The molecule has 0 saturated heterocycles. The molecule has 4 N–H and O–H groups in total. The van der Waals surface area contributed by atoms with Crippen molar-refractivity contribution < 1.29 is 28.0 Å². The van der Waals surface area contributed by atoms with Crippen LogP contribution in [0.2, 0.25) is 0 Å². The molecular weight excluding hydrogens is 492 g/mol. The molecule has 186 valence electrons. The van der Waals surface area contributed by atoms with Crippen molar-refractivity contribution in [3.8, 4) is 16.2 Å². The van der Waals surface area contributed by atoms with E-state index >= 15 is 0 Å². The Morgan fingerprint density at radius 2 is 1.86 bits per heavy atom. The van der Waals surface area contributed by atoms with E-state index in [1.165, 1.54) is 36.6 Å². The number of rotatable bonds is 10. The second-order valence-electron chi connectivity index (χ2n) is 7.56. The van der Waals surface area contributed by atoms with E-state index in [1.54, 1.807) is 36.7 Å². The molecule has 0 aliphatic heterocycles. The van der Waals surface area contributed by atoms with Gasteiger partial charge in [-0.2, -0.15) is 0 Å². The zero-order valence-electron chi connectivity index (χ0n) is 19.4. The van der Waals surface area contributed by atoms with Crippen LogP contribution in [0, 0.1) is 6.92 Å². The largest absolute Gasteiger partial charge is 0.495 e. The lowest BCUT2D eigenvalue weighted by Crippen LogP contribution is -2.24. The average Bonchev–Trinajstić information content (AvgIpc) is 3.21. The predicted octanol–water partition coefficient (Wildman–Crippen LogP) is 3.46. The number of hydroxylamine groups is 1. The number of anilines is 1. The van der Waals surface area contributed by atoms with Crippen molar-refractivity contribution in [1.82, 2.24) is 15.2 Å². The highest BCUT2D eigenvalue weighted by molar-refractivity contribution is 7.89. The normalized spacial score (nSPS) is 11.2. The molecule has 35 heavy (non-hydrogen) atoms. The van der Waals surface area contributed by atoms with Gasteiger partial charge in [-0.05, 0) is 54.8 Å². The molecular formula is C23H26N4O6S2. The van der Waals surface area contributed by atoms with Gasteiger partial charge >= 0.3 is 0 Å². The first kappa shape index (κ1) is 26.3. The number of carbonyl (C=O) groups excluding carboxylic acids is 2. The number of benzene rings is 2. The first-order valence-corrected chi connectivity index (χ1v) is 13.0. The van der Waals surface area contributed by atoms with Crippen LogP contribution in [-0.4, -0.2) is 37.5 Å². The molecule has 0 saturated carbocycles. The summed E-state index contributed by atoms with van der Waals surface area (Å²) in [7, 11) is -2.59. The summed E-state index contributed by atoms with van der Waals surface area (Å²) in [5.41, 5.74) is 3.68. The average molecular weight is 519 g/mol. The highest BCUT2D eigenvalue weighted by Crippen LogP contribution is 2.36. The number of sulfonamides is 1. The zero-order valence-corrected chi connectivity index (χ0v) is 21.0. The van der Waals surface area contributed by atoms with Crippen LogP contribution in [0.5, 0.6) is 5.75 Å². The van der Waals surface area contributed by atoms with Gasteiger partial charge in [-0.1, -0.05) is 30.4 Å². The molecule has 0 radical (unpaired) electrons. The Kier molecular flexibility index (Phi) is 8.57. The molecule has 0 bridgehead atoms. The van der Waals surface area contributed by atoms with Gasteiger partial charge in [0.05, 0.1) is 17.7 Å². The van der Waals surface area contributed by atoms with Crippen LogP contribution in [0.4, 0.5) is 5.13 Å². The Labute approximate surface area is 207 Å². The van der Waals surface area contributed by atoms with Crippen molar-refractivity contribution in [3.05, 3.63) is 59.3 Å². The molecule has 3 aromatic rings. The van der Waals surface area contributed by atoms with Crippen molar-refractivity contribution >= 4 is 38.3 Å². The quantitative estimate of drug-likeness (QED) is 0.237. The predicted molar refractivity (Wildman–Crippen MR) is 132 cm³/mol. The van der Waals surface area contributed by atoms with Crippen LogP contribution in [0.1, 0.15) is 41.4 Å². The maximum atomic E-state index is 13.1. The molecule has 1 heterocycles. The second kappa shape index (κ2) is 11.4. The lowest BCUT2D eigenvalue weighted by molar-refractivity contribution is -0.116. The maximum Gasteiger partial charge on any atom is 0.274 e. The third kappa shape index (κ3) is 6.42. The summed E-state index contributed by atoms with van der Waals surface area (Å²) in [5.74, 6) is -0.611. The monoisotopic (exact) mass is 518 g/mol. The van der Waals surface area contributed by atoms with Gasteiger partial charge in [-0.3, -0.25) is 14.8 Å². The molecule has 2 aromatic carbocycles. The van der Waals surface area contributed by atoms with Crippen LogP contribution in [0.25, 0.3) is 10.4 Å². The van der Waals surface area contributed by atoms with Crippen LogP contribution >= 0.6 is 11.3 Å². The fourth-order valence-electron chi connectivity index (χ4n) is 3.25. The molecule has 2 amide bonds. The topological polar surface area (TPSA) is 147 Å². The Morgan fingerprint density at radius 3 is 2.49 bits per heavy atom. The van der Waals surface area contributed by atoms with Crippen molar-refractivity contribution in [2.75, 3.05) is 12.4 Å². The number of ether oxygens (including phenoxy) is 1. The maximum absolute atomic E-state index is 13.1. The summed E-state index contributed by atoms with van der Waals surface area (Å²) in [6, 6.07) is 10.9. The Hall–Kier alpha value is -3.32. The summed E-state index contributed by atoms with van der Waals surface area (Å²) in [4.78, 5) is 28.4. The van der Waals surface area contributed by atoms with E-state index in [4.69, 9.17) is 9.94 Å². The van der Waals surface area contributed by atoms with E-state index in [-0.39, 0.29) is 28.7 Å². The third-order valence-corrected chi connectivity index (χ3v) is 7.56. The fraction of sp³-hybridized carbons (Fsp3) is 0.261. The van der Waals surface area contributed by atoms with Gasteiger partial charge in [0.1, 0.15) is 10.6 Å². The van der Waals surface area contributed by atoms with E-state index in [0.29, 0.717) is 28.4 Å². The summed E-state index contributed by atoms with van der Waals surface area (Å²) in [6.45, 7) is 3.68. The minimum atomic E-state index is -3.98. The number of nitrogens with one attached hydrogen (secondary N) is 3. The zero-order chi connectivity index (χ0) is 25.6. The van der Waals surface area contributed by atoms with Crippen LogP contribution in [0.3, 0.4) is 0 Å². The molecule has 0 atom stereocenters. The number of methoxy groups -OCH3 is 1. The van der Waals surface area contributed by atoms with E-state index < -0.39 is 15.9 Å². The smallest absolute Gasteiger partial charge is 0.274 e. The summed E-state index contributed by atoms with van der Waals surface area (Å²) in [6.07, 6.45) is 1.11. The lowest BCUT2D eigenvalue weighted by atomic mass is 10.1. The van der Waals surface area contributed by atoms with Gasteiger partial charge < -0.3 is 10.1 Å². The van der Waals surface area contributed by atoms with E-state index in [2.05, 4.69) is 15.0 Å². The fourth-order valence-corrected chi connectivity index (χ4v) is 5.44. The van der Waals surface area contributed by atoms with Crippen LogP contribution in [0.15, 0.2) is 47.4 Å². The molecule has 12 heteroatoms. The van der Waals surface area contributed by atoms with E-state index in [1.807, 2.05) is 6.92 Å². The van der Waals surface area contributed by atoms with Crippen LogP contribution < -0.4 is 20.3 Å². The Bertz CT molecular complexity index is 1320. The van der Waals surface area contributed by atoms with Gasteiger partial charge in [0.2, 0.25) is 15.9 Å². The summed E-state index contributed by atoms with van der Waals surface area (Å²) in [5, 5.41) is 11.9. The van der Waals surface area contributed by atoms with Crippen molar-refractivity contribution in [2.24, 2.45) is 0 Å². The lowest BCUT2D eigenvalue weighted by Gasteiger charge is -2.12. The number of aromatic nitrogens is 1.